The standard InChI is InChI=1S/C22H23FN2O2/c1-3-17(4-2)18-6-8-20(9-7-18)25-12-11-24(22(25)27)14-16-5-10-21(23)19(13-16)15-26/h3-10,13,26H,1,11-12,14-15H2,2H3/b17-4+. The van der Waals surface area contributed by atoms with Crippen LogP contribution < -0.4 is 4.90 Å². The van der Waals surface area contributed by atoms with Gasteiger partial charge in [0, 0.05) is 30.9 Å². The highest BCUT2D eigenvalue weighted by molar-refractivity contribution is 5.94. The van der Waals surface area contributed by atoms with Crippen molar-refractivity contribution in [1.29, 1.82) is 0 Å². The van der Waals surface area contributed by atoms with E-state index in [-0.39, 0.29) is 18.2 Å². The smallest absolute Gasteiger partial charge is 0.324 e. The minimum atomic E-state index is -0.435. The molecule has 4 nitrogen and oxygen atoms in total. The lowest BCUT2D eigenvalue weighted by atomic mass is 10.1. The number of carbonyl (C=O) groups is 1. The minimum Gasteiger partial charge on any atom is -0.392 e. The minimum absolute atomic E-state index is 0.0763. The van der Waals surface area contributed by atoms with Crippen molar-refractivity contribution in [2.45, 2.75) is 20.1 Å². The van der Waals surface area contributed by atoms with E-state index >= 15 is 0 Å². The predicted molar refractivity (Wildman–Crippen MR) is 106 cm³/mol. The molecule has 0 aromatic heterocycles. The zero-order chi connectivity index (χ0) is 19.4. The first-order valence-electron chi connectivity index (χ1n) is 8.91. The zero-order valence-electron chi connectivity index (χ0n) is 15.4. The second-order valence-corrected chi connectivity index (χ2v) is 6.43. The highest BCUT2D eigenvalue weighted by Gasteiger charge is 2.29. The fourth-order valence-electron chi connectivity index (χ4n) is 3.27. The molecule has 140 valence electrons. The maximum atomic E-state index is 13.5. The number of halogens is 1. The summed E-state index contributed by atoms with van der Waals surface area (Å²) in [5.41, 5.74) is 4.00. The van der Waals surface area contributed by atoms with Crippen molar-refractivity contribution in [2.75, 3.05) is 18.0 Å². The van der Waals surface area contributed by atoms with Crippen LogP contribution in [0.3, 0.4) is 0 Å². The van der Waals surface area contributed by atoms with E-state index < -0.39 is 5.82 Å². The first kappa shape index (κ1) is 18.9. The van der Waals surface area contributed by atoms with Crippen molar-refractivity contribution in [3.05, 3.63) is 83.7 Å². The molecule has 0 bridgehead atoms. The molecule has 2 amide bonds. The fraction of sp³-hybridized carbons (Fsp3) is 0.227. The summed E-state index contributed by atoms with van der Waals surface area (Å²) in [4.78, 5) is 16.2. The van der Waals surface area contributed by atoms with E-state index in [4.69, 9.17) is 0 Å². The summed E-state index contributed by atoms with van der Waals surface area (Å²) in [5.74, 6) is -0.435. The molecule has 0 radical (unpaired) electrons. The highest BCUT2D eigenvalue weighted by Crippen LogP contribution is 2.25. The van der Waals surface area contributed by atoms with Crippen LogP contribution in [-0.4, -0.2) is 29.1 Å². The number of hydrogen-bond acceptors (Lipinski definition) is 2. The Balaban J connectivity index is 1.72. The maximum absolute atomic E-state index is 13.5. The van der Waals surface area contributed by atoms with Gasteiger partial charge in [0.25, 0.3) is 0 Å². The first-order chi connectivity index (χ1) is 13.1. The number of aliphatic hydroxyl groups is 1. The normalized spacial score (nSPS) is 14.8. The van der Waals surface area contributed by atoms with Crippen molar-refractivity contribution < 1.29 is 14.3 Å². The summed E-state index contributed by atoms with van der Waals surface area (Å²) < 4.78 is 13.5. The predicted octanol–water partition coefficient (Wildman–Crippen LogP) is 4.35. The van der Waals surface area contributed by atoms with E-state index in [1.165, 1.54) is 6.07 Å². The average Bonchev–Trinajstić information content (AvgIpc) is 3.05. The SMILES string of the molecule is C=C/C(=C\C)c1ccc(N2CCN(Cc3ccc(F)c(CO)c3)C2=O)cc1. The summed E-state index contributed by atoms with van der Waals surface area (Å²) >= 11 is 0. The molecule has 0 atom stereocenters. The number of aliphatic hydroxyl groups excluding tert-OH is 1. The van der Waals surface area contributed by atoms with Crippen LogP contribution in [0.4, 0.5) is 14.9 Å². The van der Waals surface area contributed by atoms with Gasteiger partial charge in [-0.15, -0.1) is 0 Å². The number of amides is 2. The van der Waals surface area contributed by atoms with E-state index in [0.717, 1.165) is 22.4 Å². The number of rotatable bonds is 6. The summed E-state index contributed by atoms with van der Waals surface area (Å²) in [5, 5.41) is 9.20. The molecule has 27 heavy (non-hydrogen) atoms. The Hall–Kier alpha value is -2.92. The van der Waals surface area contributed by atoms with Gasteiger partial charge < -0.3 is 10.0 Å². The third kappa shape index (κ3) is 3.93. The van der Waals surface area contributed by atoms with Crippen LogP contribution in [-0.2, 0) is 13.2 Å². The number of urea groups is 1. The molecule has 5 heteroatoms. The lowest BCUT2D eigenvalue weighted by Gasteiger charge is -2.19. The van der Waals surface area contributed by atoms with Crippen molar-refractivity contribution in [2.24, 2.45) is 0 Å². The van der Waals surface area contributed by atoms with Crippen molar-refractivity contribution in [3.63, 3.8) is 0 Å². The molecule has 0 aliphatic carbocycles. The number of anilines is 1. The van der Waals surface area contributed by atoms with Crippen LogP contribution in [0, 0.1) is 5.82 Å². The lowest BCUT2D eigenvalue weighted by molar-refractivity contribution is 0.218. The number of carbonyl (C=O) groups excluding carboxylic acids is 1. The van der Waals surface area contributed by atoms with E-state index in [9.17, 15) is 14.3 Å². The van der Waals surface area contributed by atoms with E-state index in [1.54, 1.807) is 28.0 Å². The van der Waals surface area contributed by atoms with Gasteiger partial charge in [0.1, 0.15) is 5.82 Å². The molecular weight excluding hydrogens is 343 g/mol. The first-order valence-corrected chi connectivity index (χ1v) is 8.91. The van der Waals surface area contributed by atoms with E-state index in [0.29, 0.717) is 19.6 Å². The number of hydrogen-bond donors (Lipinski definition) is 1. The topological polar surface area (TPSA) is 43.8 Å². The van der Waals surface area contributed by atoms with Crippen LogP contribution in [0.25, 0.3) is 5.57 Å². The van der Waals surface area contributed by atoms with Gasteiger partial charge in [0.15, 0.2) is 0 Å². The molecule has 2 aromatic rings. The van der Waals surface area contributed by atoms with Crippen LogP contribution in [0.2, 0.25) is 0 Å². The van der Waals surface area contributed by atoms with Crippen LogP contribution >= 0.6 is 0 Å². The quantitative estimate of drug-likeness (QED) is 0.773. The molecule has 2 aromatic carbocycles. The summed E-state index contributed by atoms with van der Waals surface area (Å²) in [6, 6.07) is 12.3. The molecule has 1 aliphatic heterocycles. The second kappa shape index (κ2) is 8.18. The summed E-state index contributed by atoms with van der Waals surface area (Å²) in [6.45, 7) is 7.00. The second-order valence-electron chi connectivity index (χ2n) is 6.43. The Kier molecular flexibility index (Phi) is 5.72. The van der Waals surface area contributed by atoms with Crippen LogP contribution in [0.5, 0.6) is 0 Å². The monoisotopic (exact) mass is 366 g/mol. The van der Waals surface area contributed by atoms with Gasteiger partial charge in [-0.3, -0.25) is 4.90 Å². The largest absolute Gasteiger partial charge is 0.392 e. The Morgan fingerprint density at radius 1 is 1.22 bits per heavy atom. The molecule has 0 saturated carbocycles. The average molecular weight is 366 g/mol. The molecule has 1 aliphatic rings. The highest BCUT2D eigenvalue weighted by atomic mass is 19.1. The number of nitrogens with zero attached hydrogens (tertiary/aromatic N) is 2. The van der Waals surface area contributed by atoms with Crippen molar-refractivity contribution >= 4 is 17.3 Å². The Bertz CT molecular complexity index is 874. The van der Waals surface area contributed by atoms with E-state index in [1.807, 2.05) is 37.3 Å². The van der Waals surface area contributed by atoms with Gasteiger partial charge in [-0.1, -0.05) is 36.9 Å². The van der Waals surface area contributed by atoms with Gasteiger partial charge >= 0.3 is 6.03 Å². The molecule has 0 spiro atoms. The van der Waals surface area contributed by atoms with Gasteiger partial charge in [-0.05, 0) is 47.9 Å². The molecule has 0 unspecified atom stereocenters. The van der Waals surface area contributed by atoms with Crippen molar-refractivity contribution in [3.8, 4) is 0 Å². The fourth-order valence-corrected chi connectivity index (χ4v) is 3.27. The molecule has 1 N–H and O–H groups in total. The summed E-state index contributed by atoms with van der Waals surface area (Å²) in [7, 11) is 0. The summed E-state index contributed by atoms with van der Waals surface area (Å²) in [6.07, 6.45) is 3.80. The molecular formula is C22H23FN2O2. The van der Waals surface area contributed by atoms with Gasteiger partial charge in [-0.2, -0.15) is 0 Å². The Morgan fingerprint density at radius 2 is 1.96 bits per heavy atom. The maximum Gasteiger partial charge on any atom is 0.324 e. The molecule has 1 fully saturated rings. The van der Waals surface area contributed by atoms with Crippen LogP contribution in [0.1, 0.15) is 23.6 Å². The van der Waals surface area contributed by atoms with Gasteiger partial charge in [-0.25, -0.2) is 9.18 Å². The van der Waals surface area contributed by atoms with Crippen LogP contribution in [0.15, 0.2) is 61.2 Å². The van der Waals surface area contributed by atoms with E-state index in [2.05, 4.69) is 6.58 Å². The van der Waals surface area contributed by atoms with Gasteiger partial charge in [0.05, 0.1) is 6.61 Å². The van der Waals surface area contributed by atoms with Gasteiger partial charge in [0.2, 0.25) is 0 Å². The molecule has 1 heterocycles. The third-order valence-electron chi connectivity index (χ3n) is 4.79. The Morgan fingerprint density at radius 3 is 2.59 bits per heavy atom. The molecule has 3 rings (SSSR count). The zero-order valence-corrected chi connectivity index (χ0v) is 15.4. The number of benzene rings is 2. The Labute approximate surface area is 158 Å². The van der Waals surface area contributed by atoms with Crippen molar-refractivity contribution in [1.82, 2.24) is 4.90 Å². The number of allylic oxidation sites excluding steroid dienone is 3. The lowest BCUT2D eigenvalue weighted by Crippen LogP contribution is -2.31. The molecule has 1 saturated heterocycles. The third-order valence-corrected chi connectivity index (χ3v) is 4.79.